The van der Waals surface area contributed by atoms with Crippen molar-refractivity contribution in [2.45, 2.75) is 18.4 Å². The molecule has 2 aliphatic rings. The molecule has 2 saturated heterocycles. The molecule has 6 heteroatoms. The van der Waals surface area contributed by atoms with E-state index in [2.05, 4.69) is 0 Å². The van der Waals surface area contributed by atoms with Crippen molar-refractivity contribution < 1.29 is 23.1 Å². The minimum absolute atomic E-state index is 0.0740. The van der Waals surface area contributed by atoms with Gasteiger partial charge in [0.05, 0.1) is 32.6 Å². The summed E-state index contributed by atoms with van der Waals surface area (Å²) in [5.41, 5.74) is 0.944. The van der Waals surface area contributed by atoms with E-state index in [-0.39, 0.29) is 18.4 Å². The first-order valence-electron chi connectivity index (χ1n) is 6.39. The average molecular weight is 284 g/mol. The van der Waals surface area contributed by atoms with Crippen LogP contribution in [0.4, 0.5) is 0 Å². The molecule has 5 nitrogen and oxygen atoms in total. The fourth-order valence-electron chi connectivity index (χ4n) is 1.66. The number of epoxide rings is 2. The zero-order chi connectivity index (χ0) is 13.1. The molecule has 0 bridgehead atoms. The SMILES string of the molecule is O=P(Cc1ccccc1)(OCC1CO1)OCC1CO1. The van der Waals surface area contributed by atoms with Gasteiger partial charge in [-0.05, 0) is 5.56 Å². The van der Waals surface area contributed by atoms with E-state index in [1.165, 1.54) is 0 Å². The van der Waals surface area contributed by atoms with Crippen molar-refractivity contribution in [1.82, 2.24) is 0 Å². The molecule has 2 heterocycles. The summed E-state index contributed by atoms with van der Waals surface area (Å²) < 4.78 is 33.8. The smallest absolute Gasteiger partial charge is 0.335 e. The molecule has 3 rings (SSSR count). The van der Waals surface area contributed by atoms with Gasteiger partial charge in [0.1, 0.15) is 12.2 Å². The Morgan fingerprint density at radius 3 is 2.05 bits per heavy atom. The maximum Gasteiger partial charge on any atom is 0.335 e. The van der Waals surface area contributed by atoms with E-state index in [1.54, 1.807) is 0 Å². The van der Waals surface area contributed by atoms with Crippen LogP contribution in [-0.4, -0.2) is 38.6 Å². The Kier molecular flexibility index (Phi) is 4.01. The summed E-state index contributed by atoms with van der Waals surface area (Å²) in [6.45, 7) is 2.01. The Balaban J connectivity index is 1.60. The predicted octanol–water partition coefficient (Wildman–Crippen LogP) is 2.21. The average Bonchev–Trinajstić information content (AvgIpc) is 3.29. The van der Waals surface area contributed by atoms with Crippen LogP contribution in [-0.2, 0) is 29.2 Å². The Labute approximate surface area is 112 Å². The van der Waals surface area contributed by atoms with Crippen molar-refractivity contribution in [2.24, 2.45) is 0 Å². The van der Waals surface area contributed by atoms with Crippen LogP contribution in [0.25, 0.3) is 0 Å². The number of rotatable bonds is 8. The van der Waals surface area contributed by atoms with Gasteiger partial charge in [0, 0.05) is 0 Å². The summed E-state index contributed by atoms with van der Waals surface area (Å²) in [6.07, 6.45) is 0.433. The van der Waals surface area contributed by atoms with Crippen LogP contribution in [0.2, 0.25) is 0 Å². The minimum Gasteiger partial charge on any atom is -0.371 e. The van der Waals surface area contributed by atoms with Crippen molar-refractivity contribution in [3.05, 3.63) is 35.9 Å². The molecule has 2 aliphatic heterocycles. The summed E-state index contributed by atoms with van der Waals surface area (Å²) in [5, 5.41) is 0. The summed E-state index contributed by atoms with van der Waals surface area (Å²) >= 11 is 0. The molecular weight excluding hydrogens is 267 g/mol. The van der Waals surface area contributed by atoms with Gasteiger partial charge in [-0.3, -0.25) is 4.57 Å². The second kappa shape index (κ2) is 5.73. The third kappa shape index (κ3) is 4.41. The predicted molar refractivity (Wildman–Crippen MR) is 69.1 cm³/mol. The molecule has 0 amide bonds. The number of ether oxygens (including phenoxy) is 2. The molecule has 0 aliphatic carbocycles. The summed E-state index contributed by atoms with van der Waals surface area (Å²) in [4.78, 5) is 0. The second-order valence-corrected chi connectivity index (χ2v) is 6.81. The zero-order valence-corrected chi connectivity index (χ0v) is 11.5. The molecule has 2 fully saturated rings. The topological polar surface area (TPSA) is 60.6 Å². The Hall–Kier alpha value is -0.710. The lowest BCUT2D eigenvalue weighted by Crippen LogP contribution is -2.07. The van der Waals surface area contributed by atoms with Gasteiger partial charge in [-0.15, -0.1) is 0 Å². The van der Waals surface area contributed by atoms with Crippen LogP contribution >= 0.6 is 7.60 Å². The van der Waals surface area contributed by atoms with Gasteiger partial charge in [0.25, 0.3) is 0 Å². The standard InChI is InChI=1S/C13H17O5P/c14-19(17-8-12-6-15-12,18-9-13-7-16-13)10-11-4-2-1-3-5-11/h1-5,12-13H,6-10H2. The Morgan fingerprint density at radius 2 is 1.58 bits per heavy atom. The van der Waals surface area contributed by atoms with Gasteiger partial charge in [0.2, 0.25) is 0 Å². The molecule has 1 aromatic carbocycles. The molecule has 2 atom stereocenters. The minimum atomic E-state index is -3.13. The highest BCUT2D eigenvalue weighted by atomic mass is 31.2. The van der Waals surface area contributed by atoms with E-state index in [9.17, 15) is 4.57 Å². The molecular formula is C13H17O5P. The third-order valence-electron chi connectivity index (χ3n) is 2.94. The van der Waals surface area contributed by atoms with E-state index >= 15 is 0 Å². The van der Waals surface area contributed by atoms with Gasteiger partial charge in [-0.2, -0.15) is 0 Å². The quantitative estimate of drug-likeness (QED) is 0.541. The van der Waals surface area contributed by atoms with Gasteiger partial charge in [-0.25, -0.2) is 0 Å². The molecule has 2 unspecified atom stereocenters. The normalized spacial score (nSPS) is 27.8. The molecule has 0 spiro atoms. The van der Waals surface area contributed by atoms with E-state index < -0.39 is 7.60 Å². The largest absolute Gasteiger partial charge is 0.371 e. The van der Waals surface area contributed by atoms with Crippen LogP contribution < -0.4 is 0 Å². The van der Waals surface area contributed by atoms with E-state index in [0.717, 1.165) is 5.56 Å². The van der Waals surface area contributed by atoms with Crippen LogP contribution in [0.15, 0.2) is 30.3 Å². The molecule has 0 radical (unpaired) electrons. The number of hydrogen-bond acceptors (Lipinski definition) is 5. The lowest BCUT2D eigenvalue weighted by molar-refractivity contribution is 0.176. The monoisotopic (exact) mass is 284 g/mol. The summed E-state index contributed by atoms with van der Waals surface area (Å²) in [5.74, 6) is 0. The van der Waals surface area contributed by atoms with Gasteiger partial charge < -0.3 is 18.5 Å². The maximum atomic E-state index is 12.7. The second-order valence-electron chi connectivity index (χ2n) is 4.76. The zero-order valence-electron chi connectivity index (χ0n) is 10.6. The van der Waals surface area contributed by atoms with E-state index in [4.69, 9.17) is 18.5 Å². The Morgan fingerprint density at radius 1 is 1.05 bits per heavy atom. The van der Waals surface area contributed by atoms with Crippen molar-refractivity contribution in [3.63, 3.8) is 0 Å². The van der Waals surface area contributed by atoms with Crippen LogP contribution in [0.5, 0.6) is 0 Å². The summed E-state index contributed by atoms with van der Waals surface area (Å²) in [7, 11) is -3.13. The fraction of sp³-hybridized carbons (Fsp3) is 0.538. The maximum absolute atomic E-state index is 12.7. The van der Waals surface area contributed by atoms with E-state index in [0.29, 0.717) is 26.4 Å². The van der Waals surface area contributed by atoms with Crippen molar-refractivity contribution in [1.29, 1.82) is 0 Å². The van der Waals surface area contributed by atoms with Gasteiger partial charge >= 0.3 is 7.60 Å². The number of hydrogen-bond donors (Lipinski definition) is 0. The molecule has 104 valence electrons. The van der Waals surface area contributed by atoms with E-state index in [1.807, 2.05) is 30.3 Å². The highest BCUT2D eigenvalue weighted by Crippen LogP contribution is 2.52. The molecule has 0 saturated carbocycles. The van der Waals surface area contributed by atoms with Gasteiger partial charge in [0.15, 0.2) is 0 Å². The van der Waals surface area contributed by atoms with Gasteiger partial charge in [-0.1, -0.05) is 30.3 Å². The first-order chi connectivity index (χ1) is 9.23. The van der Waals surface area contributed by atoms with Crippen molar-refractivity contribution >= 4 is 7.60 Å². The van der Waals surface area contributed by atoms with Crippen LogP contribution in [0, 0.1) is 0 Å². The molecule has 0 N–H and O–H groups in total. The summed E-state index contributed by atoms with van der Waals surface area (Å²) in [6, 6.07) is 9.58. The Bertz CT molecular complexity index is 435. The van der Waals surface area contributed by atoms with Crippen molar-refractivity contribution in [3.8, 4) is 0 Å². The molecule has 1 aromatic rings. The van der Waals surface area contributed by atoms with Crippen LogP contribution in [0.1, 0.15) is 5.56 Å². The lowest BCUT2D eigenvalue weighted by atomic mass is 10.2. The molecule has 0 aromatic heterocycles. The fourth-order valence-corrected chi connectivity index (χ4v) is 3.36. The lowest BCUT2D eigenvalue weighted by Gasteiger charge is -2.17. The first-order valence-corrected chi connectivity index (χ1v) is 8.12. The number of benzene rings is 1. The highest BCUT2D eigenvalue weighted by Gasteiger charge is 2.33. The third-order valence-corrected chi connectivity index (χ3v) is 4.78. The van der Waals surface area contributed by atoms with Crippen LogP contribution in [0.3, 0.4) is 0 Å². The first kappa shape index (κ1) is 13.3. The highest BCUT2D eigenvalue weighted by molar-refractivity contribution is 7.53. The molecule has 19 heavy (non-hydrogen) atoms. The van der Waals surface area contributed by atoms with Crippen molar-refractivity contribution in [2.75, 3.05) is 26.4 Å².